The van der Waals surface area contributed by atoms with Crippen LogP contribution in [0.4, 0.5) is 5.69 Å². The van der Waals surface area contributed by atoms with Gasteiger partial charge in [0.2, 0.25) is 5.91 Å². The average molecular weight is 354 g/mol. The number of likely N-dealkylation sites (tertiary alicyclic amines) is 1. The first kappa shape index (κ1) is 18.4. The van der Waals surface area contributed by atoms with Crippen LogP contribution in [0, 0.1) is 5.92 Å². The molecule has 0 aliphatic carbocycles. The average Bonchev–Trinajstić information content (AvgIpc) is 3.10. The molecular formula is C21H26N2O3. The second-order valence-electron chi connectivity index (χ2n) is 6.99. The number of carboxylic acid groups (broad SMARTS) is 1. The van der Waals surface area contributed by atoms with E-state index in [2.05, 4.69) is 25.1 Å². The first-order chi connectivity index (χ1) is 12.6. The Hall–Kier alpha value is -2.40. The van der Waals surface area contributed by atoms with Gasteiger partial charge in [-0.1, -0.05) is 43.7 Å². The van der Waals surface area contributed by atoms with Crippen molar-refractivity contribution in [3.63, 3.8) is 0 Å². The van der Waals surface area contributed by atoms with Crippen LogP contribution < -0.4 is 4.90 Å². The summed E-state index contributed by atoms with van der Waals surface area (Å²) in [4.78, 5) is 27.9. The van der Waals surface area contributed by atoms with Crippen LogP contribution in [0.2, 0.25) is 0 Å². The van der Waals surface area contributed by atoms with E-state index in [1.54, 1.807) is 0 Å². The van der Waals surface area contributed by atoms with E-state index in [0.717, 1.165) is 29.3 Å². The van der Waals surface area contributed by atoms with E-state index in [9.17, 15) is 9.59 Å². The van der Waals surface area contributed by atoms with E-state index in [0.29, 0.717) is 26.1 Å². The summed E-state index contributed by atoms with van der Waals surface area (Å²) in [6.45, 7) is 4.20. The lowest BCUT2D eigenvalue weighted by molar-refractivity contribution is -0.141. The molecule has 2 aromatic rings. The molecule has 2 aromatic carbocycles. The van der Waals surface area contributed by atoms with Gasteiger partial charge in [0.05, 0.1) is 12.5 Å². The fraction of sp³-hybridized carbons (Fsp3) is 0.429. The van der Waals surface area contributed by atoms with Crippen molar-refractivity contribution < 1.29 is 14.7 Å². The summed E-state index contributed by atoms with van der Waals surface area (Å²) in [6.07, 6.45) is 2.58. The highest BCUT2D eigenvalue weighted by Gasteiger charge is 2.30. The van der Waals surface area contributed by atoms with E-state index in [4.69, 9.17) is 5.11 Å². The second kappa shape index (κ2) is 8.32. The highest BCUT2D eigenvalue weighted by Crippen LogP contribution is 2.24. The number of nitrogens with zero attached hydrogens (tertiary/aromatic N) is 2. The number of aliphatic carboxylic acids is 1. The molecule has 0 spiro atoms. The first-order valence-corrected chi connectivity index (χ1v) is 9.33. The highest BCUT2D eigenvalue weighted by atomic mass is 16.4. The van der Waals surface area contributed by atoms with Crippen molar-refractivity contribution in [2.45, 2.75) is 26.2 Å². The Balaban J connectivity index is 1.76. The quantitative estimate of drug-likeness (QED) is 0.828. The summed E-state index contributed by atoms with van der Waals surface area (Å²) in [5.41, 5.74) is 0.913. The van der Waals surface area contributed by atoms with Gasteiger partial charge in [-0.25, -0.2) is 0 Å². The number of hydrogen-bond donors (Lipinski definition) is 1. The molecule has 3 rings (SSSR count). The summed E-state index contributed by atoms with van der Waals surface area (Å²) in [7, 11) is 0. The molecule has 1 heterocycles. The van der Waals surface area contributed by atoms with Gasteiger partial charge >= 0.3 is 5.97 Å². The van der Waals surface area contributed by atoms with Crippen LogP contribution in [0.15, 0.2) is 42.5 Å². The molecule has 5 nitrogen and oxygen atoms in total. The molecule has 1 amide bonds. The Morgan fingerprint density at radius 2 is 1.96 bits per heavy atom. The Kier molecular flexibility index (Phi) is 5.89. The molecule has 5 heteroatoms. The summed E-state index contributed by atoms with van der Waals surface area (Å²) in [5, 5.41) is 11.4. The van der Waals surface area contributed by atoms with Crippen LogP contribution >= 0.6 is 0 Å². The molecule has 138 valence electrons. The number of carbonyl (C=O) groups is 2. The SMILES string of the molecule is CCCCN(C(=O)CN1CCC(C(=O)O)C1)c1ccc2ccccc2c1. The van der Waals surface area contributed by atoms with Crippen LogP contribution in [-0.2, 0) is 9.59 Å². The van der Waals surface area contributed by atoms with Gasteiger partial charge in [0.1, 0.15) is 0 Å². The van der Waals surface area contributed by atoms with Crippen molar-refractivity contribution in [3.8, 4) is 0 Å². The Morgan fingerprint density at radius 3 is 2.65 bits per heavy atom. The predicted molar refractivity (Wildman–Crippen MR) is 103 cm³/mol. The Bertz CT molecular complexity index is 790. The molecule has 1 aliphatic rings. The van der Waals surface area contributed by atoms with Gasteiger partial charge in [-0.05, 0) is 42.3 Å². The molecule has 1 saturated heterocycles. The molecule has 1 aliphatic heterocycles. The fourth-order valence-electron chi connectivity index (χ4n) is 3.51. The monoisotopic (exact) mass is 354 g/mol. The fourth-order valence-corrected chi connectivity index (χ4v) is 3.51. The summed E-state index contributed by atoms with van der Waals surface area (Å²) < 4.78 is 0. The standard InChI is InChI=1S/C21H26N2O3/c1-2-3-11-23(19-9-8-16-6-4-5-7-17(16)13-19)20(24)15-22-12-10-18(14-22)21(25)26/h4-9,13,18H,2-3,10-12,14-15H2,1H3,(H,25,26). The van der Waals surface area contributed by atoms with Gasteiger partial charge < -0.3 is 10.0 Å². The number of fused-ring (bicyclic) bond motifs is 1. The zero-order valence-electron chi connectivity index (χ0n) is 15.2. The van der Waals surface area contributed by atoms with E-state index in [-0.39, 0.29) is 18.4 Å². The topological polar surface area (TPSA) is 60.9 Å². The van der Waals surface area contributed by atoms with Gasteiger partial charge in [0, 0.05) is 18.8 Å². The molecule has 0 aromatic heterocycles. The molecule has 26 heavy (non-hydrogen) atoms. The van der Waals surface area contributed by atoms with E-state index in [1.165, 1.54) is 0 Å². The van der Waals surface area contributed by atoms with Crippen LogP contribution in [0.25, 0.3) is 10.8 Å². The minimum atomic E-state index is -0.766. The van der Waals surface area contributed by atoms with Crippen LogP contribution in [0.5, 0.6) is 0 Å². The van der Waals surface area contributed by atoms with Gasteiger partial charge in [-0.3, -0.25) is 14.5 Å². The number of carboxylic acids is 1. The van der Waals surface area contributed by atoms with E-state index in [1.807, 2.05) is 34.1 Å². The van der Waals surface area contributed by atoms with Crippen LogP contribution in [0.1, 0.15) is 26.2 Å². The van der Waals surface area contributed by atoms with E-state index >= 15 is 0 Å². The smallest absolute Gasteiger partial charge is 0.307 e. The van der Waals surface area contributed by atoms with Crippen molar-refractivity contribution in [3.05, 3.63) is 42.5 Å². The van der Waals surface area contributed by atoms with Crippen molar-refractivity contribution in [1.82, 2.24) is 4.90 Å². The third kappa shape index (κ3) is 4.22. The summed E-state index contributed by atoms with van der Waals surface area (Å²) in [6, 6.07) is 14.2. The highest BCUT2D eigenvalue weighted by molar-refractivity contribution is 5.97. The lowest BCUT2D eigenvalue weighted by atomic mass is 10.1. The second-order valence-corrected chi connectivity index (χ2v) is 6.99. The zero-order valence-corrected chi connectivity index (χ0v) is 15.2. The predicted octanol–water partition coefficient (Wildman–Crippen LogP) is 3.38. The Labute approximate surface area is 154 Å². The summed E-state index contributed by atoms with van der Waals surface area (Å²) >= 11 is 0. The number of rotatable bonds is 7. The molecular weight excluding hydrogens is 328 g/mol. The number of unbranched alkanes of at least 4 members (excludes halogenated alkanes) is 1. The van der Waals surface area contributed by atoms with Gasteiger partial charge in [0.25, 0.3) is 0 Å². The van der Waals surface area contributed by atoms with Crippen LogP contribution in [0.3, 0.4) is 0 Å². The number of amides is 1. The van der Waals surface area contributed by atoms with Gasteiger partial charge in [-0.15, -0.1) is 0 Å². The maximum absolute atomic E-state index is 13.0. The number of benzene rings is 2. The maximum Gasteiger partial charge on any atom is 0.307 e. The third-order valence-electron chi connectivity index (χ3n) is 5.06. The lowest BCUT2D eigenvalue weighted by Gasteiger charge is -2.26. The van der Waals surface area contributed by atoms with Gasteiger partial charge in [-0.2, -0.15) is 0 Å². The van der Waals surface area contributed by atoms with Crippen LogP contribution in [-0.4, -0.2) is 48.1 Å². The maximum atomic E-state index is 13.0. The number of carbonyl (C=O) groups excluding carboxylic acids is 1. The Morgan fingerprint density at radius 1 is 1.19 bits per heavy atom. The minimum Gasteiger partial charge on any atom is -0.481 e. The number of hydrogen-bond acceptors (Lipinski definition) is 3. The van der Waals surface area contributed by atoms with Crippen molar-refractivity contribution in [1.29, 1.82) is 0 Å². The van der Waals surface area contributed by atoms with Crippen molar-refractivity contribution in [2.75, 3.05) is 31.1 Å². The largest absolute Gasteiger partial charge is 0.481 e. The normalized spacial score (nSPS) is 17.5. The van der Waals surface area contributed by atoms with Crippen molar-refractivity contribution in [2.24, 2.45) is 5.92 Å². The molecule has 1 N–H and O–H groups in total. The first-order valence-electron chi connectivity index (χ1n) is 9.33. The molecule has 1 unspecified atom stereocenters. The lowest BCUT2D eigenvalue weighted by Crippen LogP contribution is -2.40. The molecule has 0 saturated carbocycles. The third-order valence-corrected chi connectivity index (χ3v) is 5.06. The molecule has 0 radical (unpaired) electrons. The minimum absolute atomic E-state index is 0.0415. The number of anilines is 1. The molecule has 0 bridgehead atoms. The molecule has 1 fully saturated rings. The van der Waals surface area contributed by atoms with E-state index < -0.39 is 5.97 Å². The van der Waals surface area contributed by atoms with Gasteiger partial charge in [0.15, 0.2) is 0 Å². The van der Waals surface area contributed by atoms with Crippen molar-refractivity contribution >= 4 is 28.3 Å². The molecule has 1 atom stereocenters. The summed E-state index contributed by atoms with van der Waals surface area (Å²) in [5.74, 6) is -1.08. The zero-order chi connectivity index (χ0) is 18.5.